The number of rotatable bonds is 5. The predicted molar refractivity (Wildman–Crippen MR) is 110 cm³/mol. The number of anilines is 1. The zero-order valence-electron chi connectivity index (χ0n) is 17.0. The first-order valence-electron chi connectivity index (χ1n) is 9.89. The van der Waals surface area contributed by atoms with Gasteiger partial charge in [-0.2, -0.15) is 4.98 Å². The maximum atomic E-state index is 12.5. The van der Waals surface area contributed by atoms with Crippen molar-refractivity contribution < 1.29 is 9.59 Å². The molecule has 0 bridgehead atoms. The van der Waals surface area contributed by atoms with Crippen LogP contribution in [0.25, 0.3) is 10.9 Å². The second-order valence-corrected chi connectivity index (χ2v) is 8.53. The largest absolute Gasteiger partial charge is 0.361 e. The maximum Gasteiger partial charge on any atom is 0.248 e. The van der Waals surface area contributed by atoms with Crippen LogP contribution >= 0.6 is 0 Å². The Hall–Kier alpha value is -3.16. The van der Waals surface area contributed by atoms with Crippen molar-refractivity contribution in [2.75, 3.05) is 11.9 Å². The van der Waals surface area contributed by atoms with Crippen molar-refractivity contribution in [1.29, 1.82) is 0 Å². The molecule has 1 saturated heterocycles. The van der Waals surface area contributed by atoms with Crippen LogP contribution in [0, 0.1) is 5.92 Å². The van der Waals surface area contributed by atoms with Gasteiger partial charge >= 0.3 is 0 Å². The molecule has 3 aromatic rings. The smallest absolute Gasteiger partial charge is 0.248 e. The van der Waals surface area contributed by atoms with Crippen LogP contribution in [0.3, 0.4) is 0 Å². The van der Waals surface area contributed by atoms with Crippen molar-refractivity contribution >= 4 is 28.7 Å². The van der Waals surface area contributed by atoms with E-state index in [1.807, 2.05) is 39.1 Å². The fraction of sp³-hybridized carbons (Fsp3) is 0.429. The number of carbonyl (C=O) groups excluding carboxylic acids is 2. The van der Waals surface area contributed by atoms with Crippen LogP contribution in [-0.2, 0) is 22.4 Å². The van der Waals surface area contributed by atoms with Crippen molar-refractivity contribution in [1.82, 2.24) is 25.1 Å². The summed E-state index contributed by atoms with van der Waals surface area (Å²) in [6.07, 6.45) is 3.73. The van der Waals surface area contributed by atoms with Gasteiger partial charge in [-0.15, -0.1) is 5.10 Å². The number of amides is 2. The quantitative estimate of drug-likeness (QED) is 0.618. The molecule has 1 aromatic carbocycles. The number of aromatic amines is 2. The lowest BCUT2D eigenvalue weighted by Crippen LogP contribution is -2.42. The molecule has 0 saturated carbocycles. The van der Waals surface area contributed by atoms with Gasteiger partial charge in [-0.1, -0.05) is 18.2 Å². The molecular weight excluding hydrogens is 368 g/mol. The van der Waals surface area contributed by atoms with Gasteiger partial charge in [-0.05, 0) is 38.8 Å². The molecular formula is C21H26N6O2. The summed E-state index contributed by atoms with van der Waals surface area (Å²) in [6, 6.07) is 8.18. The van der Waals surface area contributed by atoms with E-state index in [2.05, 4.69) is 37.6 Å². The van der Waals surface area contributed by atoms with Crippen molar-refractivity contribution in [2.24, 2.45) is 5.92 Å². The van der Waals surface area contributed by atoms with Crippen LogP contribution < -0.4 is 5.32 Å². The van der Waals surface area contributed by atoms with Crippen LogP contribution in [-0.4, -0.2) is 49.0 Å². The van der Waals surface area contributed by atoms with E-state index in [0.29, 0.717) is 18.8 Å². The Bertz CT molecular complexity index is 1040. The summed E-state index contributed by atoms with van der Waals surface area (Å²) >= 11 is 0. The highest BCUT2D eigenvalue weighted by atomic mass is 16.2. The third kappa shape index (κ3) is 4.01. The Morgan fingerprint density at radius 1 is 1.28 bits per heavy atom. The highest BCUT2D eigenvalue weighted by Gasteiger charge is 2.39. The number of H-pyrrole nitrogens is 2. The van der Waals surface area contributed by atoms with Crippen molar-refractivity contribution in [3.63, 3.8) is 0 Å². The third-order valence-electron chi connectivity index (χ3n) is 5.38. The Labute approximate surface area is 169 Å². The Morgan fingerprint density at radius 3 is 2.83 bits per heavy atom. The summed E-state index contributed by atoms with van der Waals surface area (Å²) in [7, 11) is 0. The number of carbonyl (C=O) groups is 2. The zero-order valence-corrected chi connectivity index (χ0v) is 17.0. The minimum Gasteiger partial charge on any atom is -0.361 e. The highest BCUT2D eigenvalue weighted by molar-refractivity contribution is 5.96. The number of nitrogens with one attached hydrogen (secondary N) is 3. The van der Waals surface area contributed by atoms with Gasteiger partial charge in [0, 0.05) is 42.0 Å². The van der Waals surface area contributed by atoms with E-state index in [4.69, 9.17) is 0 Å². The van der Waals surface area contributed by atoms with Crippen LogP contribution in [0.2, 0.25) is 0 Å². The lowest BCUT2D eigenvalue weighted by atomic mass is 10.1. The average Bonchev–Trinajstić information content (AvgIpc) is 3.38. The van der Waals surface area contributed by atoms with Crippen molar-refractivity contribution in [2.45, 2.75) is 45.6 Å². The zero-order chi connectivity index (χ0) is 20.6. The molecule has 0 aliphatic carbocycles. The monoisotopic (exact) mass is 394 g/mol. The molecule has 29 heavy (non-hydrogen) atoms. The molecule has 152 valence electrons. The molecule has 1 atom stereocenters. The minimum atomic E-state index is -0.380. The van der Waals surface area contributed by atoms with E-state index in [-0.39, 0.29) is 35.6 Å². The summed E-state index contributed by atoms with van der Waals surface area (Å²) in [5.41, 5.74) is 2.05. The molecule has 2 amide bonds. The number of aromatic nitrogens is 4. The van der Waals surface area contributed by atoms with Gasteiger partial charge in [0.25, 0.3) is 0 Å². The lowest BCUT2D eigenvalue weighted by molar-refractivity contribution is -0.131. The molecule has 0 radical (unpaired) electrons. The van der Waals surface area contributed by atoms with Gasteiger partial charge in [0.1, 0.15) is 5.82 Å². The van der Waals surface area contributed by atoms with Gasteiger partial charge in [0.05, 0.1) is 5.92 Å². The van der Waals surface area contributed by atoms with E-state index in [1.165, 1.54) is 10.9 Å². The molecule has 1 aliphatic rings. The Balaban J connectivity index is 1.35. The molecule has 0 unspecified atom stereocenters. The summed E-state index contributed by atoms with van der Waals surface area (Å²) in [5.74, 6) is 0.379. The van der Waals surface area contributed by atoms with Crippen molar-refractivity contribution in [3.8, 4) is 0 Å². The number of hydrogen-bond acceptors (Lipinski definition) is 4. The number of para-hydroxylation sites is 1. The lowest BCUT2D eigenvalue weighted by Gasteiger charge is -2.31. The van der Waals surface area contributed by atoms with Crippen LogP contribution in [0.15, 0.2) is 30.5 Å². The Morgan fingerprint density at radius 2 is 2.07 bits per heavy atom. The molecule has 0 spiro atoms. The number of fused-ring (bicyclic) bond motifs is 1. The van der Waals surface area contributed by atoms with Gasteiger partial charge in [0.15, 0.2) is 0 Å². The number of nitrogens with zero attached hydrogens (tertiary/aromatic N) is 3. The van der Waals surface area contributed by atoms with Gasteiger partial charge < -0.3 is 9.88 Å². The molecule has 8 nitrogen and oxygen atoms in total. The highest BCUT2D eigenvalue weighted by Crippen LogP contribution is 2.26. The first-order chi connectivity index (χ1) is 13.8. The summed E-state index contributed by atoms with van der Waals surface area (Å²) in [6.45, 7) is 6.34. The Kier molecular flexibility index (Phi) is 4.86. The normalized spacial score (nSPS) is 17.3. The summed E-state index contributed by atoms with van der Waals surface area (Å²) in [5, 5.41) is 10.9. The molecule has 8 heteroatoms. The van der Waals surface area contributed by atoms with Crippen LogP contribution in [0.4, 0.5) is 5.95 Å². The average molecular weight is 394 g/mol. The SMILES string of the molecule is CC(C)(C)N1C[C@@H](C(=O)Nc2n[nH]c(CCc3c[nH]c4ccccc34)n2)CC1=O. The van der Waals surface area contributed by atoms with E-state index in [0.717, 1.165) is 11.9 Å². The number of hydrogen-bond donors (Lipinski definition) is 3. The van der Waals surface area contributed by atoms with E-state index in [1.54, 1.807) is 4.90 Å². The fourth-order valence-corrected chi connectivity index (χ4v) is 3.80. The first-order valence-corrected chi connectivity index (χ1v) is 9.89. The molecule has 3 N–H and O–H groups in total. The standard InChI is InChI=1S/C21H26N6O2/c1-21(2,3)27-12-14(10-18(27)28)19(29)24-20-23-17(25-26-20)9-8-13-11-22-16-7-5-4-6-15(13)16/h4-7,11,14,22H,8-10,12H2,1-3H3,(H2,23,24,25,26,29)/t14-/m0/s1. The fourth-order valence-electron chi connectivity index (χ4n) is 3.80. The molecule has 2 aromatic heterocycles. The molecule has 1 aliphatic heterocycles. The number of aryl methyl sites for hydroxylation is 2. The summed E-state index contributed by atoms with van der Waals surface area (Å²) < 4.78 is 0. The number of benzene rings is 1. The van der Waals surface area contributed by atoms with E-state index < -0.39 is 0 Å². The predicted octanol–water partition coefficient (Wildman–Crippen LogP) is 2.66. The second-order valence-electron chi connectivity index (χ2n) is 8.53. The van der Waals surface area contributed by atoms with E-state index in [9.17, 15) is 9.59 Å². The first kappa shape index (κ1) is 19.2. The van der Waals surface area contributed by atoms with Crippen molar-refractivity contribution in [3.05, 3.63) is 41.9 Å². The van der Waals surface area contributed by atoms with Gasteiger partial charge in [-0.25, -0.2) is 0 Å². The summed E-state index contributed by atoms with van der Waals surface area (Å²) in [4.78, 5) is 34.1. The van der Waals surface area contributed by atoms with Crippen LogP contribution in [0.5, 0.6) is 0 Å². The van der Waals surface area contributed by atoms with E-state index >= 15 is 0 Å². The minimum absolute atomic E-state index is 0.00653. The third-order valence-corrected chi connectivity index (χ3v) is 5.38. The second kappa shape index (κ2) is 7.35. The van der Waals surface area contributed by atoms with Gasteiger partial charge in [0.2, 0.25) is 17.8 Å². The topological polar surface area (TPSA) is 107 Å². The van der Waals surface area contributed by atoms with Gasteiger partial charge in [-0.3, -0.25) is 20.0 Å². The molecule has 3 heterocycles. The molecule has 1 fully saturated rings. The maximum absolute atomic E-state index is 12.5. The number of likely N-dealkylation sites (tertiary alicyclic amines) is 1. The molecule has 4 rings (SSSR count). The van der Waals surface area contributed by atoms with Crippen LogP contribution in [0.1, 0.15) is 38.6 Å².